The van der Waals surface area contributed by atoms with Gasteiger partial charge in [0.2, 0.25) is 5.91 Å². The molecular weight excluding hydrogens is 527 g/mol. The van der Waals surface area contributed by atoms with Gasteiger partial charge in [0, 0.05) is 6.42 Å². The van der Waals surface area contributed by atoms with Gasteiger partial charge in [0.15, 0.2) is 0 Å². The van der Waals surface area contributed by atoms with Gasteiger partial charge in [0.05, 0.1) is 39.9 Å². The van der Waals surface area contributed by atoms with Crippen molar-refractivity contribution in [3.05, 3.63) is 48.6 Å². The van der Waals surface area contributed by atoms with Crippen molar-refractivity contribution in [3.63, 3.8) is 0 Å². The van der Waals surface area contributed by atoms with E-state index in [4.69, 9.17) is 9.05 Å². The molecular formula is C31H57N2O6P. The molecule has 8 nitrogen and oxygen atoms in total. The van der Waals surface area contributed by atoms with Crippen LogP contribution in [0, 0.1) is 0 Å². The number of quaternary nitrogens is 1. The topological polar surface area (TPSA) is 108 Å². The van der Waals surface area contributed by atoms with Crippen LogP contribution >= 0.6 is 7.82 Å². The summed E-state index contributed by atoms with van der Waals surface area (Å²) in [6.45, 7) is 4.34. The van der Waals surface area contributed by atoms with E-state index >= 15 is 0 Å². The number of carbonyl (C=O) groups is 1. The molecule has 0 aromatic heterocycles. The average molecular weight is 585 g/mol. The van der Waals surface area contributed by atoms with Crippen molar-refractivity contribution >= 4 is 13.7 Å². The van der Waals surface area contributed by atoms with Crippen LogP contribution in [0.2, 0.25) is 0 Å². The van der Waals surface area contributed by atoms with Gasteiger partial charge in [-0.05, 0) is 51.4 Å². The molecule has 1 amide bonds. The molecule has 0 fully saturated rings. The second-order valence-electron chi connectivity index (χ2n) is 11.1. The van der Waals surface area contributed by atoms with Gasteiger partial charge in [-0.1, -0.05) is 81.7 Å². The number of aliphatic hydroxyl groups is 1. The number of hydrogen-bond acceptors (Lipinski definition) is 6. The fourth-order valence-electron chi connectivity index (χ4n) is 3.61. The van der Waals surface area contributed by atoms with Gasteiger partial charge in [0.1, 0.15) is 13.2 Å². The highest BCUT2D eigenvalue weighted by molar-refractivity contribution is 7.45. The van der Waals surface area contributed by atoms with E-state index in [-0.39, 0.29) is 19.1 Å². The highest BCUT2D eigenvalue weighted by atomic mass is 31.2. The molecule has 0 radical (unpaired) electrons. The van der Waals surface area contributed by atoms with E-state index in [9.17, 15) is 19.4 Å². The van der Waals surface area contributed by atoms with E-state index in [1.54, 1.807) is 0 Å². The summed E-state index contributed by atoms with van der Waals surface area (Å²) < 4.78 is 22.7. The fraction of sp³-hybridized carbons (Fsp3) is 0.710. The van der Waals surface area contributed by atoms with Crippen molar-refractivity contribution in [2.75, 3.05) is 40.9 Å². The summed E-state index contributed by atoms with van der Waals surface area (Å²) in [6, 6.07) is -0.817. The quantitative estimate of drug-likeness (QED) is 0.0591. The number of carbonyl (C=O) groups excluding carboxylic acids is 1. The molecule has 0 aliphatic rings. The lowest BCUT2D eigenvalue weighted by Crippen LogP contribution is -2.46. The number of phosphoric acid groups is 1. The number of allylic oxidation sites excluding steroid dienone is 8. The van der Waals surface area contributed by atoms with Crippen LogP contribution in [0.3, 0.4) is 0 Å². The summed E-state index contributed by atoms with van der Waals surface area (Å²) >= 11 is 0. The van der Waals surface area contributed by atoms with Crippen molar-refractivity contribution in [3.8, 4) is 0 Å². The van der Waals surface area contributed by atoms with Crippen LogP contribution in [-0.4, -0.2) is 68.5 Å². The zero-order chi connectivity index (χ0) is 30.1. The first kappa shape index (κ1) is 38.5. The Bertz CT molecular complexity index is 804. The summed E-state index contributed by atoms with van der Waals surface area (Å²) in [5, 5.41) is 13.4. The van der Waals surface area contributed by atoms with E-state index in [2.05, 4.69) is 67.8 Å². The molecule has 0 heterocycles. The summed E-state index contributed by atoms with van der Waals surface area (Å²) in [5.74, 6) is -0.222. The Morgan fingerprint density at radius 2 is 1.50 bits per heavy atom. The van der Waals surface area contributed by atoms with E-state index in [1.165, 1.54) is 0 Å². The minimum absolute atomic E-state index is 0.000363. The number of unbranched alkanes of at least 4 members (excludes halogenated alkanes) is 4. The molecule has 0 bridgehead atoms. The van der Waals surface area contributed by atoms with Gasteiger partial charge in [-0.15, -0.1) is 0 Å². The van der Waals surface area contributed by atoms with Crippen LogP contribution in [0.4, 0.5) is 0 Å². The Kier molecular flexibility index (Phi) is 23.2. The molecule has 232 valence electrons. The Hall–Kier alpha value is -1.54. The molecule has 0 aromatic rings. The number of aliphatic hydroxyl groups excluding tert-OH is 1. The Labute approximate surface area is 244 Å². The molecule has 40 heavy (non-hydrogen) atoms. The maximum atomic E-state index is 12.5. The Morgan fingerprint density at radius 3 is 2.08 bits per heavy atom. The van der Waals surface area contributed by atoms with Gasteiger partial charge in [-0.2, -0.15) is 0 Å². The molecule has 0 rings (SSSR count). The van der Waals surface area contributed by atoms with E-state index < -0.39 is 20.0 Å². The average Bonchev–Trinajstić information content (AvgIpc) is 2.88. The second-order valence-corrected chi connectivity index (χ2v) is 12.5. The van der Waals surface area contributed by atoms with Gasteiger partial charge in [0.25, 0.3) is 7.82 Å². The molecule has 2 N–H and O–H groups in total. The van der Waals surface area contributed by atoms with Gasteiger partial charge in [-0.25, -0.2) is 0 Å². The number of rotatable bonds is 25. The molecule has 0 saturated carbocycles. The first-order chi connectivity index (χ1) is 19.0. The summed E-state index contributed by atoms with van der Waals surface area (Å²) in [7, 11) is 1.25. The van der Waals surface area contributed by atoms with E-state index in [0.717, 1.165) is 57.8 Å². The van der Waals surface area contributed by atoms with Crippen LogP contribution in [0.1, 0.15) is 90.9 Å². The third kappa shape index (κ3) is 25.4. The van der Waals surface area contributed by atoms with Gasteiger partial charge in [-0.3, -0.25) is 9.36 Å². The second kappa shape index (κ2) is 24.1. The zero-order valence-electron chi connectivity index (χ0n) is 25.8. The summed E-state index contributed by atoms with van der Waals surface area (Å²) in [6.07, 6.45) is 26.2. The summed E-state index contributed by atoms with van der Waals surface area (Å²) in [4.78, 5) is 24.7. The van der Waals surface area contributed by atoms with E-state index in [1.807, 2.05) is 21.1 Å². The predicted octanol–water partition coefficient (Wildman–Crippen LogP) is 5.99. The van der Waals surface area contributed by atoms with Crippen LogP contribution in [0.5, 0.6) is 0 Å². The van der Waals surface area contributed by atoms with Gasteiger partial charge < -0.3 is 28.8 Å². The highest BCUT2D eigenvalue weighted by Gasteiger charge is 2.24. The highest BCUT2D eigenvalue weighted by Crippen LogP contribution is 2.38. The number of nitrogens with one attached hydrogen (secondary N) is 1. The molecule has 3 atom stereocenters. The zero-order valence-corrected chi connectivity index (χ0v) is 26.7. The molecule has 0 aromatic carbocycles. The minimum Gasteiger partial charge on any atom is -0.756 e. The maximum absolute atomic E-state index is 12.5. The maximum Gasteiger partial charge on any atom is 0.268 e. The first-order valence-corrected chi connectivity index (χ1v) is 16.4. The van der Waals surface area contributed by atoms with E-state index in [0.29, 0.717) is 30.3 Å². The SMILES string of the molecule is CC/C=C\C/C=C\C/C=C\C/C=C\CCCCC(=O)NC(COP(=O)([O-])OCC[N+](C)(C)C)C(O)CCCCC. The molecule has 0 spiro atoms. The molecule has 0 aliphatic carbocycles. The number of amides is 1. The number of hydrogen-bond donors (Lipinski definition) is 2. The lowest BCUT2D eigenvalue weighted by Gasteiger charge is -2.30. The lowest BCUT2D eigenvalue weighted by atomic mass is 10.0. The predicted molar refractivity (Wildman–Crippen MR) is 164 cm³/mol. The van der Waals surface area contributed by atoms with Crippen molar-refractivity contribution in [2.45, 2.75) is 103 Å². The minimum atomic E-state index is -4.54. The van der Waals surface area contributed by atoms with Crippen molar-refractivity contribution in [1.82, 2.24) is 5.32 Å². The normalized spacial score (nSPS) is 15.9. The molecule has 0 aliphatic heterocycles. The number of phosphoric ester groups is 1. The Morgan fingerprint density at radius 1 is 0.900 bits per heavy atom. The standard InChI is InChI=1S/C31H57N2O6P/c1-6-8-10-11-12-13-14-15-16-17-18-19-20-21-23-25-31(35)32-29(30(34)24-22-9-7-2)28-39-40(36,37)38-27-26-33(3,4)5/h8,10,12-13,15-16,18-19,29-30,34H,6-7,9,11,14,17,20-28H2,1-5H3,(H-,32,35,36,37)/b10-8-,13-12-,16-15-,19-18-. The largest absolute Gasteiger partial charge is 0.756 e. The van der Waals surface area contributed by atoms with Crippen molar-refractivity contribution in [2.24, 2.45) is 0 Å². The van der Waals surface area contributed by atoms with Crippen LogP contribution in [0.15, 0.2) is 48.6 Å². The van der Waals surface area contributed by atoms with Crippen molar-refractivity contribution in [1.29, 1.82) is 0 Å². The number of likely N-dealkylation sites (N-methyl/N-ethyl adjacent to an activating group) is 1. The van der Waals surface area contributed by atoms with Crippen LogP contribution in [-0.2, 0) is 18.4 Å². The molecule has 0 saturated heterocycles. The summed E-state index contributed by atoms with van der Waals surface area (Å²) in [5.41, 5.74) is 0. The molecule has 9 heteroatoms. The lowest BCUT2D eigenvalue weighted by molar-refractivity contribution is -0.870. The monoisotopic (exact) mass is 584 g/mol. The number of nitrogens with zero attached hydrogens (tertiary/aromatic N) is 1. The third-order valence-corrected chi connectivity index (χ3v) is 7.05. The third-order valence-electron chi connectivity index (χ3n) is 6.08. The van der Waals surface area contributed by atoms with Gasteiger partial charge >= 0.3 is 0 Å². The molecule has 3 unspecified atom stereocenters. The first-order valence-electron chi connectivity index (χ1n) is 15.0. The fourth-order valence-corrected chi connectivity index (χ4v) is 4.34. The van der Waals surface area contributed by atoms with Crippen LogP contribution < -0.4 is 10.2 Å². The Balaban J connectivity index is 4.42. The van der Waals surface area contributed by atoms with Crippen molar-refractivity contribution < 1.29 is 32.9 Å². The van der Waals surface area contributed by atoms with Crippen LogP contribution in [0.25, 0.3) is 0 Å². The smallest absolute Gasteiger partial charge is 0.268 e.